The van der Waals surface area contributed by atoms with Gasteiger partial charge in [-0.25, -0.2) is 9.78 Å². The number of hydrogen-bond acceptors (Lipinski definition) is 4. The van der Waals surface area contributed by atoms with Gasteiger partial charge in [-0.2, -0.15) is 5.26 Å². The van der Waals surface area contributed by atoms with Crippen LogP contribution in [0.15, 0.2) is 28.7 Å². The van der Waals surface area contributed by atoms with Gasteiger partial charge in [0.1, 0.15) is 5.76 Å². The quantitative estimate of drug-likeness (QED) is 0.857. The minimum Gasteiger partial charge on any atom is -0.465 e. The third-order valence-electron chi connectivity index (χ3n) is 3.24. The molecule has 0 spiro atoms. The highest BCUT2D eigenvalue weighted by atomic mass is 16.4. The Balaban J connectivity index is 1.94. The van der Waals surface area contributed by atoms with E-state index in [1.165, 1.54) is 4.90 Å². The molecule has 0 unspecified atom stereocenters. The maximum atomic E-state index is 11.0. The fourth-order valence-electron chi connectivity index (χ4n) is 2.20. The van der Waals surface area contributed by atoms with Crippen molar-refractivity contribution < 1.29 is 14.3 Å². The lowest BCUT2D eigenvalue weighted by molar-refractivity contribution is 0.135. The number of rotatable bonds is 1. The molecule has 1 amide bonds. The van der Waals surface area contributed by atoms with Crippen molar-refractivity contribution in [2.75, 3.05) is 6.54 Å². The topological polar surface area (TPSA) is 90.4 Å². The molecule has 1 aliphatic rings. The molecule has 0 fully saturated rings. The summed E-state index contributed by atoms with van der Waals surface area (Å²) in [7, 11) is 0. The molecule has 0 atom stereocenters. The lowest BCUT2D eigenvalue weighted by atomic mass is 10.1. The second-order valence-electron chi connectivity index (χ2n) is 4.54. The summed E-state index contributed by atoms with van der Waals surface area (Å²) < 4.78 is 5.65. The smallest absolute Gasteiger partial charge is 0.407 e. The molecule has 3 rings (SSSR count). The van der Waals surface area contributed by atoms with E-state index in [9.17, 15) is 4.79 Å². The van der Waals surface area contributed by atoms with Crippen molar-refractivity contribution in [2.45, 2.75) is 13.0 Å². The largest absolute Gasteiger partial charge is 0.465 e. The number of hydrogen-bond donors (Lipinski definition) is 1. The van der Waals surface area contributed by atoms with E-state index >= 15 is 0 Å². The molecule has 1 N–H and O–H groups in total. The van der Waals surface area contributed by atoms with Crippen LogP contribution in [-0.4, -0.2) is 27.6 Å². The molecule has 0 saturated heterocycles. The van der Waals surface area contributed by atoms with Crippen molar-refractivity contribution in [1.29, 1.82) is 5.26 Å². The van der Waals surface area contributed by atoms with E-state index in [0.717, 1.165) is 11.3 Å². The first-order chi connectivity index (χ1) is 9.67. The Labute approximate surface area is 114 Å². The molecule has 20 heavy (non-hydrogen) atoms. The van der Waals surface area contributed by atoms with E-state index in [2.05, 4.69) is 11.1 Å². The monoisotopic (exact) mass is 269 g/mol. The van der Waals surface area contributed by atoms with E-state index in [0.29, 0.717) is 30.2 Å². The van der Waals surface area contributed by atoms with Crippen molar-refractivity contribution in [3.05, 3.63) is 41.3 Å². The number of nitriles is 1. The maximum Gasteiger partial charge on any atom is 0.407 e. The maximum absolute atomic E-state index is 11.0. The number of carbonyl (C=O) groups is 1. The Morgan fingerprint density at radius 2 is 2.35 bits per heavy atom. The minimum atomic E-state index is -0.958. The summed E-state index contributed by atoms with van der Waals surface area (Å²) in [6.45, 7) is 0.641. The lowest BCUT2D eigenvalue weighted by Gasteiger charge is -2.21. The van der Waals surface area contributed by atoms with Gasteiger partial charge < -0.3 is 14.4 Å². The number of oxazole rings is 1. The van der Waals surface area contributed by atoms with E-state index in [1.54, 1.807) is 18.2 Å². The Morgan fingerprint density at radius 3 is 3.10 bits per heavy atom. The SMILES string of the molecule is N#Cc1cccc(-c2nc3c(o2)CN(C(=O)O)CC3)c1. The van der Waals surface area contributed by atoms with Crippen molar-refractivity contribution in [2.24, 2.45) is 0 Å². The van der Waals surface area contributed by atoms with Crippen LogP contribution < -0.4 is 0 Å². The fourth-order valence-corrected chi connectivity index (χ4v) is 2.20. The van der Waals surface area contributed by atoms with Crippen LogP contribution >= 0.6 is 0 Å². The predicted octanol–water partition coefficient (Wildman–Crippen LogP) is 2.25. The molecule has 1 aliphatic heterocycles. The number of benzene rings is 1. The Bertz CT molecular complexity index is 715. The van der Waals surface area contributed by atoms with Gasteiger partial charge in [0.25, 0.3) is 0 Å². The van der Waals surface area contributed by atoms with Gasteiger partial charge in [-0.1, -0.05) is 6.07 Å². The average molecular weight is 269 g/mol. The summed E-state index contributed by atoms with van der Waals surface area (Å²) in [5, 5.41) is 17.9. The molecule has 2 aromatic rings. The van der Waals surface area contributed by atoms with Crippen LogP contribution in [0, 0.1) is 11.3 Å². The van der Waals surface area contributed by atoms with Gasteiger partial charge >= 0.3 is 6.09 Å². The van der Waals surface area contributed by atoms with Crippen LogP contribution in [0.25, 0.3) is 11.5 Å². The molecule has 0 radical (unpaired) electrons. The molecule has 100 valence electrons. The standard InChI is InChI=1S/C14H11N3O3/c15-7-9-2-1-3-10(6-9)13-16-11-4-5-17(14(18)19)8-12(11)20-13/h1-3,6H,4-5,8H2,(H,18,19). The molecule has 2 heterocycles. The third-order valence-corrected chi connectivity index (χ3v) is 3.24. The summed E-state index contributed by atoms with van der Waals surface area (Å²) in [6, 6.07) is 9.05. The normalized spacial score (nSPS) is 13.7. The lowest BCUT2D eigenvalue weighted by Crippen LogP contribution is -2.34. The van der Waals surface area contributed by atoms with Gasteiger partial charge in [0.05, 0.1) is 23.9 Å². The van der Waals surface area contributed by atoms with Crippen molar-refractivity contribution >= 4 is 6.09 Å². The zero-order valence-corrected chi connectivity index (χ0v) is 10.5. The first-order valence-corrected chi connectivity index (χ1v) is 6.14. The highest BCUT2D eigenvalue weighted by Gasteiger charge is 2.25. The number of nitrogens with zero attached hydrogens (tertiary/aromatic N) is 3. The first-order valence-electron chi connectivity index (χ1n) is 6.14. The van der Waals surface area contributed by atoms with Crippen LogP contribution in [0.5, 0.6) is 0 Å². The van der Waals surface area contributed by atoms with Crippen molar-refractivity contribution in [1.82, 2.24) is 9.88 Å². The third kappa shape index (κ3) is 2.10. The van der Waals surface area contributed by atoms with E-state index in [-0.39, 0.29) is 6.54 Å². The summed E-state index contributed by atoms with van der Waals surface area (Å²) in [5.74, 6) is 1.01. The van der Waals surface area contributed by atoms with Crippen LogP contribution in [0.3, 0.4) is 0 Å². The number of fused-ring (bicyclic) bond motifs is 1. The van der Waals surface area contributed by atoms with Gasteiger partial charge in [0.2, 0.25) is 5.89 Å². The van der Waals surface area contributed by atoms with Crippen LogP contribution in [-0.2, 0) is 13.0 Å². The zero-order chi connectivity index (χ0) is 14.1. The van der Waals surface area contributed by atoms with Gasteiger partial charge in [-0.3, -0.25) is 0 Å². The van der Waals surface area contributed by atoms with E-state index in [4.69, 9.17) is 14.8 Å². The molecule has 0 bridgehead atoms. The molecule has 1 aromatic heterocycles. The number of amides is 1. The molecular formula is C14H11N3O3. The second-order valence-corrected chi connectivity index (χ2v) is 4.54. The van der Waals surface area contributed by atoms with Gasteiger partial charge in [0, 0.05) is 18.5 Å². The van der Waals surface area contributed by atoms with Gasteiger partial charge in [0.15, 0.2) is 0 Å². The molecule has 0 saturated carbocycles. The molecule has 1 aromatic carbocycles. The summed E-state index contributed by atoms with van der Waals surface area (Å²) in [4.78, 5) is 16.6. The van der Waals surface area contributed by atoms with Crippen LogP contribution in [0.1, 0.15) is 17.0 Å². The summed E-state index contributed by atoms with van der Waals surface area (Å²) in [5.41, 5.74) is 2.05. The summed E-state index contributed by atoms with van der Waals surface area (Å²) in [6.07, 6.45) is -0.414. The fraction of sp³-hybridized carbons (Fsp3) is 0.214. The number of aromatic nitrogens is 1. The first kappa shape index (κ1) is 12.2. The molecule has 6 nitrogen and oxygen atoms in total. The molecule has 6 heteroatoms. The van der Waals surface area contributed by atoms with E-state index in [1.807, 2.05) is 6.07 Å². The van der Waals surface area contributed by atoms with Crippen molar-refractivity contribution in [3.8, 4) is 17.5 Å². The predicted molar refractivity (Wildman–Crippen MR) is 68.8 cm³/mol. The minimum absolute atomic E-state index is 0.218. The Hall–Kier alpha value is -2.81. The number of carboxylic acid groups (broad SMARTS) is 1. The molecule has 0 aliphatic carbocycles. The van der Waals surface area contributed by atoms with E-state index < -0.39 is 6.09 Å². The Morgan fingerprint density at radius 1 is 1.50 bits per heavy atom. The van der Waals surface area contributed by atoms with Crippen LogP contribution in [0.2, 0.25) is 0 Å². The highest BCUT2D eigenvalue weighted by Crippen LogP contribution is 2.26. The van der Waals surface area contributed by atoms with Crippen LogP contribution in [0.4, 0.5) is 4.79 Å². The zero-order valence-electron chi connectivity index (χ0n) is 10.5. The van der Waals surface area contributed by atoms with Gasteiger partial charge in [-0.05, 0) is 18.2 Å². The average Bonchev–Trinajstić information content (AvgIpc) is 2.90. The second kappa shape index (κ2) is 4.70. The van der Waals surface area contributed by atoms with Crippen molar-refractivity contribution in [3.63, 3.8) is 0 Å². The highest BCUT2D eigenvalue weighted by molar-refractivity contribution is 5.65. The molecular weight excluding hydrogens is 258 g/mol. The summed E-state index contributed by atoms with van der Waals surface area (Å²) >= 11 is 0. The Kier molecular flexibility index (Phi) is 2.88. The van der Waals surface area contributed by atoms with Gasteiger partial charge in [-0.15, -0.1) is 0 Å².